The lowest BCUT2D eigenvalue weighted by atomic mass is 10.2. The van der Waals surface area contributed by atoms with Crippen LogP contribution in [0.5, 0.6) is 0 Å². The molecule has 0 aliphatic carbocycles. The van der Waals surface area contributed by atoms with Gasteiger partial charge in [0.05, 0.1) is 5.01 Å². The van der Waals surface area contributed by atoms with E-state index in [2.05, 4.69) is 11.9 Å². The standard InChI is InChI=1S/C16H23N3O3S/c1-2-4-14-17-12(11-23-14)15(20)18-6-8-19(9-7-18)16(21)13-5-3-10-22-13/h11,13H,2-10H2,1H3/t13-/m1/s1. The summed E-state index contributed by atoms with van der Waals surface area (Å²) >= 11 is 1.55. The molecule has 1 aromatic rings. The molecule has 0 unspecified atom stereocenters. The average Bonchev–Trinajstić information content (AvgIpc) is 3.26. The molecular formula is C16H23N3O3S. The summed E-state index contributed by atoms with van der Waals surface area (Å²) < 4.78 is 5.46. The molecule has 6 nitrogen and oxygen atoms in total. The molecule has 1 aromatic heterocycles. The third kappa shape index (κ3) is 3.72. The second-order valence-electron chi connectivity index (χ2n) is 6.00. The molecule has 3 heterocycles. The van der Waals surface area contributed by atoms with E-state index in [4.69, 9.17) is 4.74 Å². The fourth-order valence-electron chi connectivity index (χ4n) is 3.01. The Kier molecular flexibility index (Phi) is 5.27. The number of rotatable bonds is 4. The average molecular weight is 337 g/mol. The number of hydrogen-bond acceptors (Lipinski definition) is 5. The summed E-state index contributed by atoms with van der Waals surface area (Å²) in [5.74, 6) is 0.0568. The van der Waals surface area contributed by atoms with Crippen LogP contribution in [0.25, 0.3) is 0 Å². The molecule has 1 atom stereocenters. The molecule has 2 aliphatic heterocycles. The first-order chi connectivity index (χ1) is 11.2. The van der Waals surface area contributed by atoms with Crippen molar-refractivity contribution in [2.24, 2.45) is 0 Å². The number of piperazine rings is 1. The maximum atomic E-state index is 12.5. The molecule has 23 heavy (non-hydrogen) atoms. The van der Waals surface area contributed by atoms with Crippen molar-refractivity contribution in [1.29, 1.82) is 0 Å². The molecule has 0 radical (unpaired) electrons. The highest BCUT2D eigenvalue weighted by molar-refractivity contribution is 7.09. The van der Waals surface area contributed by atoms with Gasteiger partial charge in [-0.25, -0.2) is 4.98 Å². The highest BCUT2D eigenvalue weighted by Crippen LogP contribution is 2.18. The zero-order valence-corrected chi connectivity index (χ0v) is 14.3. The maximum Gasteiger partial charge on any atom is 0.273 e. The monoisotopic (exact) mass is 337 g/mol. The van der Waals surface area contributed by atoms with E-state index < -0.39 is 0 Å². The zero-order valence-electron chi connectivity index (χ0n) is 13.5. The van der Waals surface area contributed by atoms with Crippen LogP contribution in [0.4, 0.5) is 0 Å². The van der Waals surface area contributed by atoms with Gasteiger partial charge < -0.3 is 14.5 Å². The van der Waals surface area contributed by atoms with Crippen molar-refractivity contribution >= 4 is 23.2 Å². The van der Waals surface area contributed by atoms with Gasteiger partial charge in [-0.05, 0) is 25.7 Å². The largest absolute Gasteiger partial charge is 0.368 e. The molecule has 2 saturated heterocycles. The normalized spacial score (nSPS) is 21.7. The van der Waals surface area contributed by atoms with Gasteiger partial charge in [-0.3, -0.25) is 9.59 Å². The quantitative estimate of drug-likeness (QED) is 0.836. The number of amides is 2. The van der Waals surface area contributed by atoms with E-state index in [1.807, 2.05) is 10.3 Å². The summed E-state index contributed by atoms with van der Waals surface area (Å²) in [6, 6.07) is 0. The fourth-order valence-corrected chi connectivity index (χ4v) is 3.88. The SMILES string of the molecule is CCCc1nc(C(=O)N2CCN(C(=O)[C@H]3CCCO3)CC2)cs1. The van der Waals surface area contributed by atoms with E-state index >= 15 is 0 Å². The number of aryl methyl sites for hydroxylation is 1. The second kappa shape index (κ2) is 7.40. The van der Waals surface area contributed by atoms with Crippen LogP contribution in [-0.4, -0.2) is 65.5 Å². The molecule has 0 aromatic carbocycles. The molecule has 0 N–H and O–H groups in total. The second-order valence-corrected chi connectivity index (χ2v) is 6.94. The Morgan fingerprint density at radius 2 is 2.04 bits per heavy atom. The molecule has 3 rings (SSSR count). The molecule has 126 valence electrons. The van der Waals surface area contributed by atoms with Crippen LogP contribution in [0.3, 0.4) is 0 Å². The van der Waals surface area contributed by atoms with Gasteiger partial charge in [0.2, 0.25) is 0 Å². The van der Waals surface area contributed by atoms with Crippen LogP contribution in [0.15, 0.2) is 5.38 Å². The molecular weight excluding hydrogens is 314 g/mol. The zero-order chi connectivity index (χ0) is 16.2. The summed E-state index contributed by atoms with van der Waals surface area (Å²) in [5.41, 5.74) is 0.539. The third-order valence-corrected chi connectivity index (χ3v) is 5.23. The van der Waals surface area contributed by atoms with Gasteiger partial charge in [-0.15, -0.1) is 11.3 Å². The van der Waals surface area contributed by atoms with E-state index in [-0.39, 0.29) is 17.9 Å². The van der Waals surface area contributed by atoms with E-state index in [0.717, 1.165) is 30.7 Å². The summed E-state index contributed by atoms with van der Waals surface area (Å²) in [7, 11) is 0. The van der Waals surface area contributed by atoms with E-state index in [1.165, 1.54) is 0 Å². The lowest BCUT2D eigenvalue weighted by molar-refractivity contribution is -0.142. The van der Waals surface area contributed by atoms with Crippen molar-refractivity contribution in [3.63, 3.8) is 0 Å². The lowest BCUT2D eigenvalue weighted by Gasteiger charge is -2.35. The lowest BCUT2D eigenvalue weighted by Crippen LogP contribution is -2.52. The van der Waals surface area contributed by atoms with Crippen LogP contribution in [0, 0.1) is 0 Å². The third-order valence-electron chi connectivity index (χ3n) is 4.32. The number of nitrogens with zero attached hydrogens (tertiary/aromatic N) is 3. The summed E-state index contributed by atoms with van der Waals surface area (Å²) in [5, 5.41) is 2.86. The first-order valence-corrected chi connectivity index (χ1v) is 9.21. The van der Waals surface area contributed by atoms with Crippen molar-refractivity contribution in [3.05, 3.63) is 16.1 Å². The smallest absolute Gasteiger partial charge is 0.273 e. The van der Waals surface area contributed by atoms with Gasteiger partial charge in [-0.1, -0.05) is 6.92 Å². The first kappa shape index (κ1) is 16.4. The van der Waals surface area contributed by atoms with E-state index in [9.17, 15) is 9.59 Å². The minimum Gasteiger partial charge on any atom is -0.368 e. The highest BCUT2D eigenvalue weighted by atomic mass is 32.1. The summed E-state index contributed by atoms with van der Waals surface area (Å²) in [6.07, 6.45) is 3.45. The van der Waals surface area contributed by atoms with Gasteiger partial charge in [0, 0.05) is 38.2 Å². The van der Waals surface area contributed by atoms with Crippen molar-refractivity contribution < 1.29 is 14.3 Å². The Hall–Kier alpha value is -1.47. The van der Waals surface area contributed by atoms with Gasteiger partial charge in [-0.2, -0.15) is 0 Å². The number of carbonyl (C=O) groups excluding carboxylic acids is 2. The molecule has 2 aliphatic rings. The van der Waals surface area contributed by atoms with E-state index in [0.29, 0.717) is 38.5 Å². The Labute approximate surface area is 140 Å². The highest BCUT2D eigenvalue weighted by Gasteiger charge is 2.31. The fraction of sp³-hybridized carbons (Fsp3) is 0.688. The minimum absolute atomic E-state index is 0.0205. The molecule has 2 fully saturated rings. The molecule has 0 spiro atoms. The van der Waals surface area contributed by atoms with Crippen molar-refractivity contribution in [3.8, 4) is 0 Å². The first-order valence-electron chi connectivity index (χ1n) is 8.33. The molecule has 0 bridgehead atoms. The Bertz CT molecular complexity index is 561. The number of aromatic nitrogens is 1. The number of carbonyl (C=O) groups is 2. The van der Waals surface area contributed by atoms with Gasteiger partial charge >= 0.3 is 0 Å². The van der Waals surface area contributed by atoms with Crippen LogP contribution in [-0.2, 0) is 16.0 Å². The Morgan fingerprint density at radius 3 is 2.70 bits per heavy atom. The van der Waals surface area contributed by atoms with Crippen molar-refractivity contribution in [2.75, 3.05) is 32.8 Å². The maximum absolute atomic E-state index is 12.5. The topological polar surface area (TPSA) is 62.7 Å². The van der Waals surface area contributed by atoms with Gasteiger partial charge in [0.25, 0.3) is 11.8 Å². The van der Waals surface area contributed by atoms with Crippen molar-refractivity contribution in [1.82, 2.24) is 14.8 Å². The predicted octanol–water partition coefficient (Wildman–Crippen LogP) is 1.56. The molecule has 2 amide bonds. The molecule has 7 heteroatoms. The van der Waals surface area contributed by atoms with Gasteiger partial charge in [0.15, 0.2) is 0 Å². The predicted molar refractivity (Wildman–Crippen MR) is 87.6 cm³/mol. The Morgan fingerprint density at radius 1 is 1.30 bits per heavy atom. The van der Waals surface area contributed by atoms with Crippen molar-refractivity contribution in [2.45, 2.75) is 38.7 Å². The van der Waals surface area contributed by atoms with E-state index in [1.54, 1.807) is 16.2 Å². The minimum atomic E-state index is -0.271. The van der Waals surface area contributed by atoms with Crippen LogP contribution >= 0.6 is 11.3 Å². The van der Waals surface area contributed by atoms with Crippen LogP contribution in [0.1, 0.15) is 41.7 Å². The molecule has 0 saturated carbocycles. The Balaban J connectivity index is 1.53. The van der Waals surface area contributed by atoms with Crippen LogP contribution in [0.2, 0.25) is 0 Å². The number of thiazole rings is 1. The summed E-state index contributed by atoms with van der Waals surface area (Å²) in [6.45, 7) is 5.08. The van der Waals surface area contributed by atoms with Gasteiger partial charge in [0.1, 0.15) is 11.8 Å². The number of hydrogen-bond donors (Lipinski definition) is 0. The summed E-state index contributed by atoms with van der Waals surface area (Å²) in [4.78, 5) is 32.8. The van der Waals surface area contributed by atoms with Crippen LogP contribution < -0.4 is 0 Å². The number of ether oxygens (including phenoxy) is 1.